The van der Waals surface area contributed by atoms with E-state index in [1.807, 2.05) is 17.9 Å². The topological polar surface area (TPSA) is 47.1 Å². The van der Waals surface area contributed by atoms with Gasteiger partial charge in [-0.2, -0.15) is 5.10 Å². The maximum Gasteiger partial charge on any atom is 0.0565 e. The Morgan fingerprint density at radius 2 is 2.29 bits per heavy atom. The molecular formula is C10H20N4. The fourth-order valence-corrected chi connectivity index (χ4v) is 1.60. The van der Waals surface area contributed by atoms with Crippen molar-refractivity contribution in [3.05, 3.63) is 17.5 Å². The number of rotatable bonds is 5. The van der Waals surface area contributed by atoms with Crippen molar-refractivity contribution < 1.29 is 0 Å². The Morgan fingerprint density at radius 1 is 1.57 bits per heavy atom. The highest BCUT2D eigenvalue weighted by atomic mass is 15.3. The Kier molecular flexibility index (Phi) is 4.10. The van der Waals surface area contributed by atoms with Gasteiger partial charge in [0.25, 0.3) is 0 Å². The van der Waals surface area contributed by atoms with E-state index in [0.29, 0.717) is 6.54 Å². The van der Waals surface area contributed by atoms with E-state index in [-0.39, 0.29) is 0 Å². The van der Waals surface area contributed by atoms with Crippen LogP contribution < -0.4 is 5.73 Å². The van der Waals surface area contributed by atoms with E-state index in [1.54, 1.807) is 0 Å². The van der Waals surface area contributed by atoms with Crippen LogP contribution in [-0.4, -0.2) is 28.3 Å². The number of aryl methyl sites for hydroxylation is 1. The van der Waals surface area contributed by atoms with Crippen LogP contribution in [0.2, 0.25) is 0 Å². The summed E-state index contributed by atoms with van der Waals surface area (Å²) in [7, 11) is 4.09. The minimum absolute atomic E-state index is 0.573. The normalized spacial score (nSPS) is 11.2. The third-order valence-electron chi connectivity index (χ3n) is 2.39. The Bertz CT molecular complexity index is 280. The van der Waals surface area contributed by atoms with Gasteiger partial charge in [-0.15, -0.1) is 0 Å². The zero-order valence-electron chi connectivity index (χ0n) is 9.32. The summed E-state index contributed by atoms with van der Waals surface area (Å²) in [6, 6.07) is 0. The second-order valence-corrected chi connectivity index (χ2v) is 3.68. The summed E-state index contributed by atoms with van der Waals surface area (Å²) >= 11 is 0. The van der Waals surface area contributed by atoms with Gasteiger partial charge in [-0.3, -0.25) is 4.68 Å². The molecule has 0 aromatic carbocycles. The molecule has 1 aromatic rings. The van der Waals surface area contributed by atoms with Gasteiger partial charge >= 0.3 is 0 Å². The smallest absolute Gasteiger partial charge is 0.0565 e. The highest BCUT2D eigenvalue weighted by Crippen LogP contribution is 2.09. The first kappa shape index (κ1) is 11.2. The zero-order chi connectivity index (χ0) is 10.6. The number of nitrogens with two attached hydrogens (primary N) is 1. The van der Waals surface area contributed by atoms with Crippen LogP contribution in [0.4, 0.5) is 0 Å². The summed E-state index contributed by atoms with van der Waals surface area (Å²) in [5, 5.41) is 4.21. The molecule has 0 bridgehead atoms. The molecule has 0 spiro atoms. The van der Waals surface area contributed by atoms with E-state index in [4.69, 9.17) is 5.73 Å². The van der Waals surface area contributed by atoms with Gasteiger partial charge in [0.1, 0.15) is 0 Å². The molecule has 0 saturated carbocycles. The van der Waals surface area contributed by atoms with Crippen LogP contribution in [-0.2, 0) is 20.1 Å². The third kappa shape index (κ3) is 2.56. The van der Waals surface area contributed by atoms with Gasteiger partial charge in [0.15, 0.2) is 0 Å². The van der Waals surface area contributed by atoms with Crippen LogP contribution in [0.15, 0.2) is 6.20 Å². The lowest BCUT2D eigenvalue weighted by molar-refractivity contribution is 0.317. The molecule has 0 unspecified atom stereocenters. The van der Waals surface area contributed by atoms with Crippen molar-refractivity contribution in [3.8, 4) is 0 Å². The van der Waals surface area contributed by atoms with Crippen LogP contribution in [0.3, 0.4) is 0 Å². The summed E-state index contributed by atoms with van der Waals surface area (Å²) < 4.78 is 1.91. The largest absolute Gasteiger partial charge is 0.326 e. The van der Waals surface area contributed by atoms with E-state index in [1.165, 1.54) is 12.1 Å². The average Bonchev–Trinajstić information content (AvgIpc) is 2.48. The molecule has 2 N–H and O–H groups in total. The summed E-state index contributed by atoms with van der Waals surface area (Å²) in [4.78, 5) is 2.29. The second kappa shape index (κ2) is 5.12. The van der Waals surface area contributed by atoms with Crippen molar-refractivity contribution in [2.24, 2.45) is 12.8 Å². The van der Waals surface area contributed by atoms with Crippen molar-refractivity contribution in [2.75, 3.05) is 13.6 Å². The second-order valence-electron chi connectivity index (χ2n) is 3.68. The lowest BCUT2D eigenvalue weighted by atomic mass is 10.2. The maximum absolute atomic E-state index is 5.64. The molecule has 0 saturated heterocycles. The minimum atomic E-state index is 0.573. The molecule has 1 aromatic heterocycles. The Labute approximate surface area is 85.7 Å². The van der Waals surface area contributed by atoms with Gasteiger partial charge in [0.05, 0.1) is 11.9 Å². The van der Waals surface area contributed by atoms with Crippen molar-refractivity contribution in [1.29, 1.82) is 0 Å². The van der Waals surface area contributed by atoms with Crippen LogP contribution in [0.5, 0.6) is 0 Å². The first-order chi connectivity index (χ1) is 6.69. The SMILES string of the molecule is CCCN(C)Cc1c(CN)cnn1C. The van der Waals surface area contributed by atoms with E-state index in [9.17, 15) is 0 Å². The number of nitrogens with zero attached hydrogens (tertiary/aromatic N) is 3. The van der Waals surface area contributed by atoms with E-state index in [2.05, 4.69) is 24.0 Å². The summed E-state index contributed by atoms with van der Waals surface area (Å²) in [5.74, 6) is 0. The number of hydrogen-bond acceptors (Lipinski definition) is 3. The molecule has 1 heterocycles. The Balaban J connectivity index is 2.68. The molecule has 80 valence electrons. The lowest BCUT2D eigenvalue weighted by Crippen LogP contribution is -2.21. The molecule has 0 aliphatic heterocycles. The molecule has 0 aliphatic rings. The first-order valence-corrected chi connectivity index (χ1v) is 5.07. The predicted octanol–water partition coefficient (Wildman–Crippen LogP) is 0.721. The van der Waals surface area contributed by atoms with Gasteiger partial charge in [-0.05, 0) is 20.0 Å². The quantitative estimate of drug-likeness (QED) is 0.755. The van der Waals surface area contributed by atoms with Gasteiger partial charge in [0.2, 0.25) is 0 Å². The molecule has 4 nitrogen and oxygen atoms in total. The van der Waals surface area contributed by atoms with Gasteiger partial charge in [-0.25, -0.2) is 0 Å². The minimum Gasteiger partial charge on any atom is -0.326 e. The van der Waals surface area contributed by atoms with Gasteiger partial charge in [-0.1, -0.05) is 6.92 Å². The highest BCUT2D eigenvalue weighted by molar-refractivity contribution is 5.17. The lowest BCUT2D eigenvalue weighted by Gasteiger charge is -2.16. The van der Waals surface area contributed by atoms with E-state index >= 15 is 0 Å². The Morgan fingerprint density at radius 3 is 2.86 bits per heavy atom. The highest BCUT2D eigenvalue weighted by Gasteiger charge is 2.08. The predicted molar refractivity (Wildman–Crippen MR) is 57.7 cm³/mol. The van der Waals surface area contributed by atoms with Gasteiger partial charge in [0, 0.05) is 25.7 Å². The van der Waals surface area contributed by atoms with E-state index < -0.39 is 0 Å². The van der Waals surface area contributed by atoms with Crippen LogP contribution in [0.1, 0.15) is 24.6 Å². The van der Waals surface area contributed by atoms with Crippen LogP contribution >= 0.6 is 0 Å². The molecule has 0 aliphatic carbocycles. The van der Waals surface area contributed by atoms with Crippen molar-refractivity contribution in [1.82, 2.24) is 14.7 Å². The fourth-order valence-electron chi connectivity index (χ4n) is 1.60. The van der Waals surface area contributed by atoms with Crippen LogP contribution in [0.25, 0.3) is 0 Å². The number of hydrogen-bond donors (Lipinski definition) is 1. The van der Waals surface area contributed by atoms with Crippen molar-refractivity contribution >= 4 is 0 Å². The molecule has 0 atom stereocenters. The molecule has 0 radical (unpaired) electrons. The molecule has 1 rings (SSSR count). The maximum atomic E-state index is 5.64. The van der Waals surface area contributed by atoms with Crippen LogP contribution in [0, 0.1) is 0 Å². The standard InChI is InChI=1S/C10H20N4/c1-4-5-13(2)8-10-9(6-11)7-12-14(10)3/h7H,4-6,8,11H2,1-3H3. The number of aromatic nitrogens is 2. The Hall–Kier alpha value is -0.870. The molecule has 0 amide bonds. The first-order valence-electron chi connectivity index (χ1n) is 5.07. The summed E-state index contributed by atoms with van der Waals surface area (Å²) in [5.41, 5.74) is 8.02. The third-order valence-corrected chi connectivity index (χ3v) is 2.39. The monoisotopic (exact) mass is 196 g/mol. The van der Waals surface area contributed by atoms with E-state index in [0.717, 1.165) is 18.7 Å². The fraction of sp³-hybridized carbons (Fsp3) is 0.700. The van der Waals surface area contributed by atoms with Gasteiger partial charge < -0.3 is 10.6 Å². The van der Waals surface area contributed by atoms with Crippen molar-refractivity contribution in [3.63, 3.8) is 0 Å². The van der Waals surface area contributed by atoms with Crippen molar-refractivity contribution in [2.45, 2.75) is 26.4 Å². The molecule has 0 fully saturated rings. The molecule has 14 heavy (non-hydrogen) atoms. The molecular weight excluding hydrogens is 176 g/mol. The summed E-state index contributed by atoms with van der Waals surface area (Å²) in [6.45, 7) is 4.79. The summed E-state index contributed by atoms with van der Waals surface area (Å²) in [6.07, 6.45) is 3.03. The average molecular weight is 196 g/mol. The molecule has 4 heteroatoms. The zero-order valence-corrected chi connectivity index (χ0v) is 9.32.